The van der Waals surface area contributed by atoms with Gasteiger partial charge < -0.3 is 0 Å². The van der Waals surface area contributed by atoms with E-state index in [1.165, 1.54) is 44.9 Å². The number of hydrogen-bond acceptors (Lipinski definition) is 0. The summed E-state index contributed by atoms with van der Waals surface area (Å²) < 4.78 is 0. The van der Waals surface area contributed by atoms with Crippen LogP contribution in [0.5, 0.6) is 0 Å². The molecule has 0 aromatic rings. The first-order valence-corrected chi connectivity index (χ1v) is 6.57. The summed E-state index contributed by atoms with van der Waals surface area (Å²) in [7, 11) is 4.91. The predicted octanol–water partition coefficient (Wildman–Crippen LogP) is 2.00. The summed E-state index contributed by atoms with van der Waals surface area (Å²) >= 11 is 0. The van der Waals surface area contributed by atoms with Crippen molar-refractivity contribution in [2.24, 2.45) is 17.8 Å². The van der Waals surface area contributed by atoms with E-state index in [2.05, 4.69) is 22.6 Å². The molecule has 0 spiro atoms. The van der Waals surface area contributed by atoms with Gasteiger partial charge in [0.15, 0.2) is 0 Å². The van der Waals surface area contributed by atoms with Crippen molar-refractivity contribution < 1.29 is 0 Å². The normalized spacial score (nSPS) is 39.1. The Balaban J connectivity index is 2.10. The van der Waals surface area contributed by atoms with Crippen LogP contribution in [-0.4, -0.2) is 15.7 Å². The van der Waals surface area contributed by atoms with E-state index in [-0.39, 0.29) is 0 Å². The lowest BCUT2D eigenvalue weighted by Gasteiger charge is -2.45. The molecular formula is C12H24B2. The summed E-state index contributed by atoms with van der Waals surface area (Å²) in [6, 6.07) is 0. The first-order chi connectivity index (χ1) is 6.57. The SMILES string of the molecule is BC(B)(C)C1CC2CCCCC1CC2. The molecule has 3 unspecified atom stereocenters. The molecule has 3 atom stereocenters. The van der Waals surface area contributed by atoms with Gasteiger partial charge in [-0.05, 0) is 30.6 Å². The topological polar surface area (TPSA) is 0 Å². The fourth-order valence-electron chi connectivity index (χ4n) is 3.83. The maximum atomic E-state index is 2.45. The highest BCUT2D eigenvalue weighted by Gasteiger charge is 2.37. The molecule has 3 aliphatic carbocycles. The second-order valence-electron chi connectivity index (χ2n) is 6.70. The lowest BCUT2D eigenvalue weighted by atomic mass is 9.44. The Bertz CT molecular complexity index is 191. The summed E-state index contributed by atoms with van der Waals surface area (Å²) in [4.78, 5) is 0. The van der Waals surface area contributed by atoms with E-state index < -0.39 is 0 Å². The van der Waals surface area contributed by atoms with E-state index in [0.29, 0.717) is 5.21 Å². The molecule has 3 aliphatic rings. The van der Waals surface area contributed by atoms with Crippen LogP contribution in [0.3, 0.4) is 0 Å². The standard InChI is InChI=1S/C12H24B2/c1-12(13,14)11-8-9-4-2-3-5-10(11)7-6-9/h9-11H,2-8,13-14H2,1H3. The predicted molar refractivity (Wildman–Crippen MR) is 68.2 cm³/mol. The van der Waals surface area contributed by atoms with E-state index in [4.69, 9.17) is 0 Å². The molecule has 2 heteroatoms. The fraction of sp³-hybridized carbons (Fsp3) is 1.00. The van der Waals surface area contributed by atoms with Gasteiger partial charge >= 0.3 is 0 Å². The van der Waals surface area contributed by atoms with E-state index >= 15 is 0 Å². The minimum Gasteiger partial charge on any atom is -0.0842 e. The summed E-state index contributed by atoms with van der Waals surface area (Å²) in [6.45, 7) is 2.45. The number of hydrogen-bond donors (Lipinski definition) is 0. The maximum Gasteiger partial charge on any atom is 0.0992 e. The molecule has 0 N–H and O–H groups in total. The van der Waals surface area contributed by atoms with Gasteiger partial charge in [-0.25, -0.2) is 0 Å². The molecule has 0 aromatic carbocycles. The van der Waals surface area contributed by atoms with Crippen LogP contribution in [0.25, 0.3) is 0 Å². The second kappa shape index (κ2) is 3.94. The average molecular weight is 190 g/mol. The number of rotatable bonds is 1. The average Bonchev–Trinajstić information content (AvgIpc) is 2.02. The van der Waals surface area contributed by atoms with Crippen LogP contribution in [0.4, 0.5) is 0 Å². The van der Waals surface area contributed by atoms with Gasteiger partial charge in [-0.2, -0.15) is 0 Å². The van der Waals surface area contributed by atoms with Gasteiger partial charge in [0.05, 0.1) is 15.7 Å². The van der Waals surface area contributed by atoms with Crippen molar-refractivity contribution in [3.8, 4) is 0 Å². The molecule has 0 aromatic heterocycles. The molecular weight excluding hydrogens is 166 g/mol. The molecule has 78 valence electrons. The molecule has 0 amide bonds. The lowest BCUT2D eigenvalue weighted by Crippen LogP contribution is -2.35. The van der Waals surface area contributed by atoms with Crippen LogP contribution in [0.1, 0.15) is 51.9 Å². The van der Waals surface area contributed by atoms with Gasteiger partial charge in [0.25, 0.3) is 0 Å². The summed E-state index contributed by atoms with van der Waals surface area (Å²) in [6.07, 6.45) is 10.7. The Morgan fingerprint density at radius 2 is 1.71 bits per heavy atom. The third kappa shape index (κ3) is 2.20. The van der Waals surface area contributed by atoms with Gasteiger partial charge in [-0.3, -0.25) is 0 Å². The molecule has 14 heavy (non-hydrogen) atoms. The first kappa shape index (κ1) is 10.6. The van der Waals surface area contributed by atoms with Gasteiger partial charge in [-0.1, -0.05) is 44.2 Å². The molecule has 0 nitrogen and oxygen atoms in total. The molecule has 0 saturated heterocycles. The molecule has 0 heterocycles. The molecule has 0 aliphatic heterocycles. The molecule has 3 rings (SSSR count). The molecule has 2 bridgehead atoms. The Kier molecular flexibility index (Phi) is 3.00. The maximum absolute atomic E-state index is 2.45. The largest absolute Gasteiger partial charge is 0.0992 e. The monoisotopic (exact) mass is 190 g/mol. The van der Waals surface area contributed by atoms with Crippen molar-refractivity contribution in [3.63, 3.8) is 0 Å². The van der Waals surface area contributed by atoms with Crippen molar-refractivity contribution in [3.05, 3.63) is 0 Å². The lowest BCUT2D eigenvalue weighted by molar-refractivity contribution is 0.126. The third-order valence-corrected chi connectivity index (χ3v) is 4.65. The van der Waals surface area contributed by atoms with Crippen molar-refractivity contribution in [2.75, 3.05) is 0 Å². The molecule has 0 radical (unpaired) electrons. The Hall–Kier alpha value is 0.130. The van der Waals surface area contributed by atoms with Crippen molar-refractivity contribution in [1.82, 2.24) is 0 Å². The highest BCUT2D eigenvalue weighted by molar-refractivity contribution is 6.39. The van der Waals surface area contributed by atoms with Crippen molar-refractivity contribution in [2.45, 2.75) is 57.1 Å². The zero-order valence-electron chi connectivity index (χ0n) is 10.2. The Morgan fingerprint density at radius 3 is 2.43 bits per heavy atom. The van der Waals surface area contributed by atoms with E-state index in [1.807, 2.05) is 0 Å². The Morgan fingerprint density at radius 1 is 1.00 bits per heavy atom. The smallest absolute Gasteiger partial charge is 0.0842 e. The quantitative estimate of drug-likeness (QED) is 0.554. The van der Waals surface area contributed by atoms with Crippen LogP contribution >= 0.6 is 0 Å². The summed E-state index contributed by atoms with van der Waals surface area (Å²) in [5, 5.41) is 0.556. The van der Waals surface area contributed by atoms with Crippen LogP contribution in [0.15, 0.2) is 0 Å². The number of fused-ring (bicyclic) bond motifs is 5. The second-order valence-corrected chi connectivity index (χ2v) is 6.70. The van der Waals surface area contributed by atoms with Gasteiger partial charge in [0.1, 0.15) is 0 Å². The highest BCUT2D eigenvalue weighted by atomic mass is 14.4. The van der Waals surface area contributed by atoms with Crippen molar-refractivity contribution >= 4 is 15.7 Å². The molecule has 3 fully saturated rings. The Labute approximate surface area is 91.0 Å². The third-order valence-electron chi connectivity index (χ3n) is 4.65. The van der Waals surface area contributed by atoms with Crippen molar-refractivity contribution in [1.29, 1.82) is 0 Å². The summed E-state index contributed by atoms with van der Waals surface area (Å²) in [5.41, 5.74) is 0. The van der Waals surface area contributed by atoms with Gasteiger partial charge in [0.2, 0.25) is 0 Å². The van der Waals surface area contributed by atoms with Crippen LogP contribution in [0.2, 0.25) is 5.21 Å². The highest BCUT2D eigenvalue weighted by Crippen LogP contribution is 2.49. The van der Waals surface area contributed by atoms with E-state index in [0.717, 1.165) is 17.8 Å². The fourth-order valence-corrected chi connectivity index (χ4v) is 3.83. The van der Waals surface area contributed by atoms with Crippen LogP contribution < -0.4 is 0 Å². The zero-order valence-corrected chi connectivity index (χ0v) is 10.2. The zero-order chi connectivity index (χ0) is 10.2. The van der Waals surface area contributed by atoms with Crippen LogP contribution in [0, 0.1) is 17.8 Å². The van der Waals surface area contributed by atoms with Gasteiger partial charge in [-0.15, -0.1) is 0 Å². The minimum atomic E-state index is 0.556. The minimum absolute atomic E-state index is 0.556. The first-order valence-electron chi connectivity index (χ1n) is 6.57. The van der Waals surface area contributed by atoms with Crippen LogP contribution in [-0.2, 0) is 0 Å². The van der Waals surface area contributed by atoms with E-state index in [1.54, 1.807) is 0 Å². The molecule has 3 saturated carbocycles. The van der Waals surface area contributed by atoms with Gasteiger partial charge in [0, 0.05) is 0 Å². The summed E-state index contributed by atoms with van der Waals surface area (Å²) in [5.74, 6) is 3.16. The van der Waals surface area contributed by atoms with E-state index in [9.17, 15) is 0 Å².